The molecule has 1 aliphatic heterocycles. The normalized spacial score (nSPS) is 17.9. The van der Waals surface area contributed by atoms with Crippen molar-refractivity contribution in [3.8, 4) is 0 Å². The van der Waals surface area contributed by atoms with Crippen molar-refractivity contribution in [2.75, 3.05) is 23.7 Å². The lowest BCUT2D eigenvalue weighted by Crippen LogP contribution is -2.46. The molecule has 1 aromatic rings. The molecule has 1 heterocycles. The van der Waals surface area contributed by atoms with Gasteiger partial charge in [0.2, 0.25) is 5.91 Å². The largest absolute Gasteiger partial charge is 0.381 e. The molecule has 0 saturated carbocycles. The Hall–Kier alpha value is -1.71. The number of carbonyl (C=O) groups is 1. The highest BCUT2D eigenvalue weighted by atomic mass is 16.2. The second kappa shape index (κ2) is 5.51. The van der Waals surface area contributed by atoms with E-state index in [0.717, 1.165) is 24.3 Å². The van der Waals surface area contributed by atoms with E-state index in [1.165, 1.54) is 0 Å². The number of amides is 1. The van der Waals surface area contributed by atoms with Crippen LogP contribution in [0.2, 0.25) is 0 Å². The zero-order valence-corrected chi connectivity index (χ0v) is 11.9. The van der Waals surface area contributed by atoms with Gasteiger partial charge < -0.3 is 16.0 Å². The predicted octanol–water partition coefficient (Wildman–Crippen LogP) is 2.44. The van der Waals surface area contributed by atoms with Gasteiger partial charge in [-0.1, -0.05) is 32.9 Å². The first kappa shape index (κ1) is 13.7. The van der Waals surface area contributed by atoms with Gasteiger partial charge in [-0.05, 0) is 24.0 Å². The SMILES string of the molecule is CC(C)(C)CCNC(=O)C1CNc2ccccc2N1. The van der Waals surface area contributed by atoms with Gasteiger partial charge in [-0.2, -0.15) is 0 Å². The Kier molecular flexibility index (Phi) is 3.98. The molecule has 1 unspecified atom stereocenters. The van der Waals surface area contributed by atoms with Crippen molar-refractivity contribution in [1.82, 2.24) is 5.32 Å². The summed E-state index contributed by atoms with van der Waals surface area (Å²) in [6.07, 6.45) is 0.982. The lowest BCUT2D eigenvalue weighted by Gasteiger charge is -2.28. The van der Waals surface area contributed by atoms with E-state index in [1.807, 2.05) is 24.3 Å². The fourth-order valence-corrected chi connectivity index (χ4v) is 2.06. The van der Waals surface area contributed by atoms with Crippen molar-refractivity contribution in [1.29, 1.82) is 0 Å². The third-order valence-electron chi connectivity index (χ3n) is 3.24. The summed E-state index contributed by atoms with van der Waals surface area (Å²) < 4.78 is 0. The summed E-state index contributed by atoms with van der Waals surface area (Å²) in [5.41, 5.74) is 2.30. The first-order valence-electron chi connectivity index (χ1n) is 6.83. The molecule has 1 aromatic carbocycles. The Labute approximate surface area is 115 Å². The summed E-state index contributed by atoms with van der Waals surface area (Å²) in [4.78, 5) is 12.1. The molecule has 1 amide bonds. The molecule has 0 aromatic heterocycles. The van der Waals surface area contributed by atoms with Crippen molar-refractivity contribution in [2.24, 2.45) is 5.41 Å². The number of benzene rings is 1. The molecular weight excluding hydrogens is 238 g/mol. The van der Waals surface area contributed by atoms with Crippen LogP contribution < -0.4 is 16.0 Å². The first-order chi connectivity index (χ1) is 8.96. The van der Waals surface area contributed by atoms with E-state index in [1.54, 1.807) is 0 Å². The van der Waals surface area contributed by atoms with Gasteiger partial charge in [0.05, 0.1) is 11.4 Å². The Bertz CT molecular complexity index is 451. The highest BCUT2D eigenvalue weighted by Crippen LogP contribution is 2.25. The number of para-hydroxylation sites is 2. The highest BCUT2D eigenvalue weighted by molar-refractivity contribution is 5.88. The van der Waals surface area contributed by atoms with Gasteiger partial charge in [-0.15, -0.1) is 0 Å². The predicted molar refractivity (Wildman–Crippen MR) is 79.4 cm³/mol. The summed E-state index contributed by atoms with van der Waals surface area (Å²) in [7, 11) is 0. The molecule has 0 spiro atoms. The number of fused-ring (bicyclic) bond motifs is 1. The Morgan fingerprint density at radius 2 is 2.00 bits per heavy atom. The number of anilines is 2. The lowest BCUT2D eigenvalue weighted by molar-refractivity contribution is -0.121. The van der Waals surface area contributed by atoms with Crippen LogP contribution in [0.3, 0.4) is 0 Å². The highest BCUT2D eigenvalue weighted by Gasteiger charge is 2.23. The molecule has 0 fully saturated rings. The van der Waals surface area contributed by atoms with Crippen LogP contribution in [0.4, 0.5) is 11.4 Å². The van der Waals surface area contributed by atoms with E-state index in [9.17, 15) is 4.79 Å². The summed E-state index contributed by atoms with van der Waals surface area (Å²) >= 11 is 0. The summed E-state index contributed by atoms with van der Waals surface area (Å²) in [5, 5.41) is 9.55. The second-order valence-electron chi connectivity index (χ2n) is 6.23. The number of hydrogen-bond acceptors (Lipinski definition) is 3. The van der Waals surface area contributed by atoms with E-state index >= 15 is 0 Å². The average Bonchev–Trinajstić information content (AvgIpc) is 2.36. The third kappa shape index (κ3) is 3.88. The van der Waals surface area contributed by atoms with Crippen molar-refractivity contribution >= 4 is 17.3 Å². The first-order valence-corrected chi connectivity index (χ1v) is 6.83. The molecule has 0 aliphatic carbocycles. The van der Waals surface area contributed by atoms with E-state index in [4.69, 9.17) is 0 Å². The van der Waals surface area contributed by atoms with E-state index in [0.29, 0.717) is 6.54 Å². The standard InChI is InChI=1S/C15H23N3O/c1-15(2,3)8-9-16-14(19)13-10-17-11-6-4-5-7-12(11)18-13/h4-7,13,17-18H,8-10H2,1-3H3,(H,16,19). The summed E-state index contributed by atoms with van der Waals surface area (Å²) in [6, 6.07) is 7.74. The molecule has 3 N–H and O–H groups in total. The van der Waals surface area contributed by atoms with Crippen LogP contribution in [-0.4, -0.2) is 25.0 Å². The topological polar surface area (TPSA) is 53.2 Å². The average molecular weight is 261 g/mol. The molecule has 0 bridgehead atoms. The van der Waals surface area contributed by atoms with Gasteiger partial charge in [0.1, 0.15) is 6.04 Å². The fraction of sp³-hybridized carbons (Fsp3) is 0.533. The van der Waals surface area contributed by atoms with Gasteiger partial charge in [0.25, 0.3) is 0 Å². The van der Waals surface area contributed by atoms with Crippen LogP contribution in [0.25, 0.3) is 0 Å². The van der Waals surface area contributed by atoms with Gasteiger partial charge in [-0.25, -0.2) is 0 Å². The zero-order valence-electron chi connectivity index (χ0n) is 11.9. The van der Waals surface area contributed by atoms with Crippen LogP contribution in [0.1, 0.15) is 27.2 Å². The van der Waals surface area contributed by atoms with Crippen LogP contribution in [-0.2, 0) is 4.79 Å². The molecule has 4 nitrogen and oxygen atoms in total. The molecule has 19 heavy (non-hydrogen) atoms. The number of hydrogen-bond donors (Lipinski definition) is 3. The third-order valence-corrected chi connectivity index (χ3v) is 3.24. The van der Waals surface area contributed by atoms with Crippen molar-refractivity contribution in [2.45, 2.75) is 33.2 Å². The van der Waals surface area contributed by atoms with Crippen molar-refractivity contribution in [3.63, 3.8) is 0 Å². The molecule has 1 atom stereocenters. The maximum Gasteiger partial charge on any atom is 0.244 e. The number of nitrogens with one attached hydrogen (secondary N) is 3. The molecule has 4 heteroatoms. The van der Waals surface area contributed by atoms with E-state index in [2.05, 4.69) is 36.7 Å². The molecular formula is C15H23N3O. The van der Waals surface area contributed by atoms with Gasteiger partial charge in [0.15, 0.2) is 0 Å². The number of rotatable bonds is 3. The Balaban J connectivity index is 1.85. The van der Waals surface area contributed by atoms with E-state index in [-0.39, 0.29) is 17.4 Å². The zero-order chi connectivity index (χ0) is 13.9. The minimum atomic E-state index is -0.199. The lowest BCUT2D eigenvalue weighted by atomic mass is 9.92. The minimum Gasteiger partial charge on any atom is -0.381 e. The van der Waals surface area contributed by atoms with Gasteiger partial charge in [0, 0.05) is 13.1 Å². The van der Waals surface area contributed by atoms with Crippen LogP contribution >= 0.6 is 0 Å². The molecule has 0 saturated heterocycles. The molecule has 2 rings (SSSR count). The van der Waals surface area contributed by atoms with Crippen LogP contribution in [0.15, 0.2) is 24.3 Å². The van der Waals surface area contributed by atoms with Gasteiger partial charge >= 0.3 is 0 Å². The van der Waals surface area contributed by atoms with Crippen LogP contribution in [0, 0.1) is 5.41 Å². The monoisotopic (exact) mass is 261 g/mol. The minimum absolute atomic E-state index is 0.0613. The van der Waals surface area contributed by atoms with Crippen LogP contribution in [0.5, 0.6) is 0 Å². The number of carbonyl (C=O) groups excluding carboxylic acids is 1. The molecule has 1 aliphatic rings. The van der Waals surface area contributed by atoms with Gasteiger partial charge in [-0.3, -0.25) is 4.79 Å². The van der Waals surface area contributed by atoms with Crippen molar-refractivity contribution < 1.29 is 4.79 Å². The van der Waals surface area contributed by atoms with E-state index < -0.39 is 0 Å². The molecule has 0 radical (unpaired) electrons. The quantitative estimate of drug-likeness (QED) is 0.783. The maximum absolute atomic E-state index is 12.1. The summed E-state index contributed by atoms with van der Waals surface area (Å²) in [5.74, 6) is 0.0613. The Morgan fingerprint density at radius 1 is 1.32 bits per heavy atom. The second-order valence-corrected chi connectivity index (χ2v) is 6.23. The Morgan fingerprint density at radius 3 is 2.68 bits per heavy atom. The fourth-order valence-electron chi connectivity index (χ4n) is 2.06. The van der Waals surface area contributed by atoms with Crippen molar-refractivity contribution in [3.05, 3.63) is 24.3 Å². The molecule has 104 valence electrons. The smallest absolute Gasteiger partial charge is 0.244 e. The summed E-state index contributed by atoms with van der Waals surface area (Å²) in [6.45, 7) is 7.88. The maximum atomic E-state index is 12.1.